The summed E-state index contributed by atoms with van der Waals surface area (Å²) in [5.41, 5.74) is -1.05. The van der Waals surface area contributed by atoms with Gasteiger partial charge < -0.3 is 24.7 Å². The van der Waals surface area contributed by atoms with Crippen LogP contribution in [-0.4, -0.2) is 73.2 Å². The number of amides is 2. The Morgan fingerprint density at radius 2 is 2.23 bits per heavy atom. The number of nitrogens with zero attached hydrogens (tertiary/aromatic N) is 2. The van der Waals surface area contributed by atoms with Gasteiger partial charge in [0.05, 0.1) is 5.97 Å². The van der Waals surface area contributed by atoms with Gasteiger partial charge in [-0.25, -0.2) is 4.98 Å². The maximum Gasteiger partial charge on any atom is 1.00 e. The second kappa shape index (κ2) is 12.2. The summed E-state index contributed by atoms with van der Waals surface area (Å²) in [5, 5.41) is 14.7. The number of carboxylic acids is 1. The van der Waals surface area contributed by atoms with Crippen molar-refractivity contribution in [2.24, 2.45) is 5.41 Å². The number of hydrogen-bond acceptors (Lipinski definition) is 8. The monoisotopic (exact) mass is 493 g/mol. The SMILES string of the molecule is CCSCC1(C(=O)[O-])CS[C@@H]2C(NC(=O)CCC[S+]([O-])c3ccccn3)C(=O)N2C1.[Na+]. The summed E-state index contributed by atoms with van der Waals surface area (Å²) in [4.78, 5) is 42.0. The number of thioether (sulfide) groups is 2. The molecule has 8 nitrogen and oxygen atoms in total. The van der Waals surface area contributed by atoms with Crippen molar-refractivity contribution < 1.29 is 53.6 Å². The molecule has 2 aliphatic rings. The van der Waals surface area contributed by atoms with Gasteiger partial charge in [0.1, 0.15) is 17.2 Å². The molecule has 12 heteroatoms. The topological polar surface area (TPSA) is 125 Å². The third-order valence-corrected chi connectivity index (χ3v) is 9.20. The fraction of sp³-hybridized carbons (Fsp3) is 0.579. The van der Waals surface area contributed by atoms with Crippen LogP contribution in [0.5, 0.6) is 0 Å². The molecule has 3 unspecified atom stereocenters. The summed E-state index contributed by atoms with van der Waals surface area (Å²) in [6.45, 7) is 2.08. The minimum absolute atomic E-state index is 0. The zero-order chi connectivity index (χ0) is 21.7. The minimum Gasteiger partial charge on any atom is -0.610 e. The number of aliphatic carboxylic acids is 1. The molecule has 2 fully saturated rings. The van der Waals surface area contributed by atoms with Gasteiger partial charge in [-0.1, -0.05) is 13.0 Å². The van der Waals surface area contributed by atoms with Crippen molar-refractivity contribution in [3.8, 4) is 0 Å². The fourth-order valence-electron chi connectivity index (χ4n) is 3.39. The van der Waals surface area contributed by atoms with Gasteiger partial charge >= 0.3 is 29.6 Å². The van der Waals surface area contributed by atoms with Crippen LogP contribution in [0.2, 0.25) is 0 Å². The molecular formula is C19H24N3NaO5S3. The first-order valence-corrected chi connectivity index (χ1v) is 13.2. The molecule has 1 N–H and O–H groups in total. The number of fused-ring (bicyclic) bond motifs is 1. The molecule has 31 heavy (non-hydrogen) atoms. The molecule has 164 valence electrons. The molecular weight excluding hydrogens is 469 g/mol. The van der Waals surface area contributed by atoms with Gasteiger partial charge in [0.15, 0.2) is 0 Å². The number of hydrogen-bond donors (Lipinski definition) is 1. The average molecular weight is 494 g/mol. The van der Waals surface area contributed by atoms with Crippen molar-refractivity contribution in [3.05, 3.63) is 24.4 Å². The second-order valence-corrected chi connectivity index (χ2v) is 11.1. The minimum atomic E-state index is -1.26. The van der Waals surface area contributed by atoms with E-state index >= 15 is 0 Å². The quantitative estimate of drug-likeness (QED) is 0.206. The number of carbonyl (C=O) groups excluding carboxylic acids is 3. The average Bonchev–Trinajstić information content (AvgIpc) is 2.76. The molecule has 1 aromatic heterocycles. The van der Waals surface area contributed by atoms with Crippen molar-refractivity contribution >= 4 is 52.5 Å². The van der Waals surface area contributed by atoms with E-state index in [4.69, 9.17) is 0 Å². The maximum absolute atomic E-state index is 12.5. The van der Waals surface area contributed by atoms with Crippen LogP contribution in [0.25, 0.3) is 0 Å². The van der Waals surface area contributed by atoms with Gasteiger partial charge in [-0.2, -0.15) is 11.8 Å². The van der Waals surface area contributed by atoms with Gasteiger partial charge in [0.2, 0.25) is 16.8 Å². The first-order valence-electron chi connectivity index (χ1n) is 9.68. The largest absolute Gasteiger partial charge is 1.00 e. The summed E-state index contributed by atoms with van der Waals surface area (Å²) in [7, 11) is 0. The molecule has 0 aliphatic carbocycles. The van der Waals surface area contributed by atoms with Gasteiger partial charge in [-0.05, 0) is 11.8 Å². The molecule has 0 aromatic carbocycles. The van der Waals surface area contributed by atoms with E-state index in [0.717, 1.165) is 5.75 Å². The fourth-order valence-corrected chi connectivity index (χ4v) is 6.99. The van der Waals surface area contributed by atoms with E-state index in [1.54, 1.807) is 24.4 Å². The zero-order valence-corrected chi connectivity index (χ0v) is 22.0. The summed E-state index contributed by atoms with van der Waals surface area (Å²) in [5.74, 6) is 0.203. The Balaban J connectivity index is 0.00000341. The molecule has 1 aromatic rings. The van der Waals surface area contributed by atoms with Crippen LogP contribution in [0, 0.1) is 5.41 Å². The predicted molar refractivity (Wildman–Crippen MR) is 115 cm³/mol. The smallest absolute Gasteiger partial charge is 0.610 e. The van der Waals surface area contributed by atoms with Crippen molar-refractivity contribution in [1.29, 1.82) is 0 Å². The van der Waals surface area contributed by atoms with Crippen molar-refractivity contribution in [3.63, 3.8) is 0 Å². The summed E-state index contributed by atoms with van der Waals surface area (Å²) in [6, 6.07) is 4.56. The number of aromatic nitrogens is 1. The number of β-lactam (4-membered cyclic amide) rings is 1. The van der Waals surface area contributed by atoms with Gasteiger partial charge in [0, 0.05) is 59.7 Å². The van der Waals surface area contributed by atoms with E-state index in [1.807, 2.05) is 6.92 Å². The summed E-state index contributed by atoms with van der Waals surface area (Å²) < 4.78 is 12.1. The molecule has 2 aliphatic heterocycles. The number of pyridine rings is 1. The summed E-state index contributed by atoms with van der Waals surface area (Å²) in [6.07, 6.45) is 2.15. The Morgan fingerprint density at radius 1 is 1.45 bits per heavy atom. The zero-order valence-electron chi connectivity index (χ0n) is 17.6. The Morgan fingerprint density at radius 3 is 2.87 bits per heavy atom. The van der Waals surface area contributed by atoms with E-state index < -0.39 is 28.6 Å². The van der Waals surface area contributed by atoms with Crippen molar-refractivity contribution in [1.82, 2.24) is 15.2 Å². The van der Waals surface area contributed by atoms with E-state index in [9.17, 15) is 24.0 Å². The van der Waals surface area contributed by atoms with Crippen LogP contribution in [0.15, 0.2) is 29.4 Å². The number of rotatable bonds is 10. The first-order chi connectivity index (χ1) is 14.4. The van der Waals surface area contributed by atoms with Crippen LogP contribution >= 0.6 is 23.5 Å². The Bertz CT molecular complexity index is 790. The summed E-state index contributed by atoms with van der Waals surface area (Å²) >= 11 is 1.63. The van der Waals surface area contributed by atoms with Gasteiger partial charge in [0.25, 0.3) is 0 Å². The molecule has 0 spiro atoms. The van der Waals surface area contributed by atoms with Crippen molar-refractivity contribution in [2.75, 3.05) is 29.6 Å². The van der Waals surface area contributed by atoms with E-state index in [2.05, 4.69) is 10.3 Å². The molecule has 3 heterocycles. The van der Waals surface area contributed by atoms with Crippen LogP contribution in [0.1, 0.15) is 19.8 Å². The third-order valence-electron chi connectivity index (χ3n) is 5.08. The van der Waals surface area contributed by atoms with Crippen LogP contribution in [0.4, 0.5) is 0 Å². The first kappa shape index (κ1) is 26.8. The number of carbonyl (C=O) groups is 3. The number of carboxylic acid groups (broad SMARTS) is 1. The Labute approximate surface area is 215 Å². The molecule has 0 saturated carbocycles. The number of nitrogens with one attached hydrogen (secondary N) is 1. The van der Waals surface area contributed by atoms with E-state index in [1.165, 1.54) is 28.4 Å². The van der Waals surface area contributed by atoms with E-state index in [0.29, 0.717) is 28.7 Å². The van der Waals surface area contributed by atoms with E-state index in [-0.39, 0.29) is 59.7 Å². The van der Waals surface area contributed by atoms with Crippen LogP contribution < -0.4 is 40.0 Å². The predicted octanol–water partition coefficient (Wildman–Crippen LogP) is -3.14. The van der Waals surface area contributed by atoms with Crippen LogP contribution in [-0.2, 0) is 25.6 Å². The molecule has 2 saturated heterocycles. The normalized spacial score (nSPS) is 25.6. The molecule has 3 rings (SSSR count). The maximum atomic E-state index is 12.5. The van der Waals surface area contributed by atoms with Crippen LogP contribution in [0.3, 0.4) is 0 Å². The third kappa shape index (κ3) is 6.33. The van der Waals surface area contributed by atoms with Gasteiger partial charge in [-0.15, -0.1) is 11.8 Å². The Kier molecular flexibility index (Phi) is 10.5. The molecule has 0 bridgehead atoms. The Hall–Kier alpha value is -0.430. The second-order valence-electron chi connectivity index (χ2n) is 7.24. The molecule has 0 radical (unpaired) electrons. The molecule has 2 amide bonds. The molecule has 4 atom stereocenters. The van der Waals surface area contributed by atoms with Gasteiger partial charge in [-0.3, -0.25) is 9.59 Å². The standard InChI is InChI=1S/C19H25N3O5S3.Na/c1-2-28-11-19(18(25)26)10-22-16(24)15(17(22)29-12-19)21-13(23)6-5-9-30(27)14-7-3-4-8-20-14;/h3-4,7-8,15,17H,2,5-6,9-12H2,1H3,(H,21,23)(H,25,26);/q;+1/p-1/t15?,17-,19?,30?;/m1./s1. The van der Waals surface area contributed by atoms with Crippen molar-refractivity contribution in [2.45, 2.75) is 36.2 Å².